The highest BCUT2D eigenvalue weighted by molar-refractivity contribution is 5.83. The van der Waals surface area contributed by atoms with Gasteiger partial charge in [-0.25, -0.2) is 4.98 Å². The van der Waals surface area contributed by atoms with Gasteiger partial charge < -0.3 is 24.3 Å². The maximum atomic E-state index is 5.49. The van der Waals surface area contributed by atoms with Crippen molar-refractivity contribution >= 4 is 11.0 Å². The Labute approximate surface area is 208 Å². The summed E-state index contributed by atoms with van der Waals surface area (Å²) in [6.07, 6.45) is 8.10. The quantitative estimate of drug-likeness (QED) is 0.521. The van der Waals surface area contributed by atoms with Gasteiger partial charge in [0.2, 0.25) is 0 Å². The number of likely N-dealkylation sites (tertiary alicyclic amines) is 2. The minimum absolute atomic E-state index is 0.633. The normalized spacial score (nSPS) is 21.0. The second-order valence-electron chi connectivity index (χ2n) is 10.7. The van der Waals surface area contributed by atoms with E-state index in [0.717, 1.165) is 40.3 Å². The van der Waals surface area contributed by atoms with Crippen molar-refractivity contribution in [1.82, 2.24) is 19.8 Å². The van der Waals surface area contributed by atoms with E-state index in [0.29, 0.717) is 11.7 Å². The molecule has 2 aliphatic heterocycles. The molecule has 3 heterocycles. The minimum Gasteiger partial charge on any atom is -0.493 e. The summed E-state index contributed by atoms with van der Waals surface area (Å²) in [5.74, 6) is 2.95. The van der Waals surface area contributed by atoms with Crippen LogP contribution in [-0.2, 0) is 0 Å². The van der Waals surface area contributed by atoms with Crippen LogP contribution in [0.1, 0.15) is 55.6 Å². The van der Waals surface area contributed by atoms with Gasteiger partial charge in [0, 0.05) is 17.6 Å². The van der Waals surface area contributed by atoms with E-state index >= 15 is 0 Å². The highest BCUT2D eigenvalue weighted by atomic mass is 16.5. The van der Waals surface area contributed by atoms with Crippen molar-refractivity contribution in [3.8, 4) is 22.9 Å². The predicted octanol–water partition coefficient (Wildman–Crippen LogP) is 5.36. The number of hydrogen-bond acceptors (Lipinski definition) is 5. The fourth-order valence-electron chi connectivity index (χ4n) is 6.33. The number of nitrogens with zero attached hydrogens (tertiary/aromatic N) is 3. The number of rotatable bonds is 6. The number of methoxy groups -OCH3 is 2. The second-order valence-corrected chi connectivity index (χ2v) is 10.7. The van der Waals surface area contributed by atoms with Crippen LogP contribution in [0.3, 0.4) is 0 Å². The number of hydrogen-bond donors (Lipinski definition) is 1. The van der Waals surface area contributed by atoms with Crippen LogP contribution in [-0.4, -0.2) is 72.3 Å². The number of piperidine rings is 2. The summed E-state index contributed by atoms with van der Waals surface area (Å²) in [7, 11) is 3.32. The van der Waals surface area contributed by atoms with Gasteiger partial charge in [-0.15, -0.1) is 0 Å². The van der Waals surface area contributed by atoms with E-state index in [1.807, 2.05) is 18.2 Å². The first kappa shape index (κ1) is 22.9. The molecular weight excluding hydrogens is 436 g/mol. The average Bonchev–Trinajstić information content (AvgIpc) is 3.67. The monoisotopic (exact) mass is 474 g/mol. The number of imidazole rings is 1. The van der Waals surface area contributed by atoms with Crippen molar-refractivity contribution in [2.75, 3.05) is 40.4 Å². The number of aromatic nitrogens is 2. The highest BCUT2D eigenvalue weighted by Gasteiger charge is 2.34. The molecule has 1 saturated carbocycles. The predicted molar refractivity (Wildman–Crippen MR) is 141 cm³/mol. The Morgan fingerprint density at radius 2 is 1.46 bits per heavy atom. The maximum Gasteiger partial charge on any atom is 0.161 e. The summed E-state index contributed by atoms with van der Waals surface area (Å²) < 4.78 is 10.9. The highest BCUT2D eigenvalue weighted by Crippen LogP contribution is 2.36. The van der Waals surface area contributed by atoms with Crippen molar-refractivity contribution < 1.29 is 9.47 Å². The molecular formula is C29H38N4O2. The molecule has 1 aromatic heterocycles. The lowest BCUT2D eigenvalue weighted by Gasteiger charge is -2.42. The van der Waals surface area contributed by atoms with Crippen LogP contribution in [0.5, 0.6) is 11.5 Å². The van der Waals surface area contributed by atoms with Crippen molar-refractivity contribution in [3.63, 3.8) is 0 Å². The first-order chi connectivity index (χ1) is 17.1. The number of H-pyrrole nitrogens is 1. The number of aryl methyl sites for hydroxylation is 1. The van der Waals surface area contributed by atoms with Crippen LogP contribution in [0.4, 0.5) is 0 Å². The lowest BCUT2D eigenvalue weighted by atomic mass is 9.87. The second kappa shape index (κ2) is 9.47. The molecule has 6 heteroatoms. The Kier molecular flexibility index (Phi) is 6.19. The molecule has 2 aromatic carbocycles. The molecule has 0 amide bonds. The van der Waals surface area contributed by atoms with Crippen molar-refractivity contribution in [3.05, 3.63) is 41.5 Å². The van der Waals surface area contributed by atoms with Crippen LogP contribution < -0.4 is 9.47 Å². The molecule has 35 heavy (non-hydrogen) atoms. The third-order valence-corrected chi connectivity index (χ3v) is 8.54. The zero-order valence-electron chi connectivity index (χ0n) is 21.3. The van der Waals surface area contributed by atoms with Crippen molar-refractivity contribution in [2.24, 2.45) is 0 Å². The standard InChI is InChI=1S/C29H38N4O2/c1-19-16-22(20-8-12-32(13-9-20)24-10-14-33(15-11-24)23-5-6-23)17-25-28(19)31-29(30-25)21-4-7-26(34-2)27(18-21)35-3/h4,7,16-18,20,23-24H,5-6,8-15H2,1-3H3,(H,30,31). The van der Waals surface area contributed by atoms with E-state index < -0.39 is 0 Å². The van der Waals surface area contributed by atoms with Gasteiger partial charge in [0.15, 0.2) is 11.5 Å². The van der Waals surface area contributed by atoms with Crippen LogP contribution >= 0.6 is 0 Å². The molecule has 3 fully saturated rings. The lowest BCUT2D eigenvalue weighted by molar-refractivity contribution is 0.0844. The Balaban J connectivity index is 1.15. The Morgan fingerprint density at radius 3 is 2.11 bits per heavy atom. The minimum atomic E-state index is 0.633. The molecule has 1 aliphatic carbocycles. The Morgan fingerprint density at radius 1 is 0.800 bits per heavy atom. The zero-order chi connectivity index (χ0) is 23.9. The molecule has 186 valence electrons. The first-order valence-corrected chi connectivity index (χ1v) is 13.3. The van der Waals surface area contributed by atoms with E-state index in [2.05, 4.69) is 33.8 Å². The molecule has 1 N–H and O–H groups in total. The van der Waals surface area contributed by atoms with E-state index in [9.17, 15) is 0 Å². The summed E-state index contributed by atoms with van der Waals surface area (Å²) in [4.78, 5) is 14.0. The summed E-state index contributed by atoms with van der Waals surface area (Å²) >= 11 is 0. The number of nitrogens with one attached hydrogen (secondary N) is 1. The van der Waals surface area contributed by atoms with Gasteiger partial charge in [-0.1, -0.05) is 6.07 Å². The fraction of sp³-hybridized carbons (Fsp3) is 0.552. The number of benzene rings is 2. The topological polar surface area (TPSA) is 53.6 Å². The Bertz CT molecular complexity index is 1180. The van der Waals surface area contributed by atoms with Crippen LogP contribution in [0, 0.1) is 6.92 Å². The third kappa shape index (κ3) is 4.54. The molecule has 0 radical (unpaired) electrons. The SMILES string of the molecule is COc1ccc(-c2nc3c(C)cc(C4CCN(C5CCN(C6CC6)CC5)CC4)cc3[nH]2)cc1OC. The molecule has 6 rings (SSSR count). The summed E-state index contributed by atoms with van der Waals surface area (Å²) in [5.41, 5.74) is 5.88. The molecule has 2 saturated heterocycles. The molecule has 0 spiro atoms. The molecule has 0 bridgehead atoms. The van der Waals surface area contributed by atoms with Gasteiger partial charge in [0.1, 0.15) is 5.82 Å². The largest absolute Gasteiger partial charge is 0.493 e. The van der Waals surface area contributed by atoms with Gasteiger partial charge in [0.25, 0.3) is 0 Å². The van der Waals surface area contributed by atoms with E-state index in [1.165, 1.54) is 75.8 Å². The Hall–Kier alpha value is -2.57. The van der Waals surface area contributed by atoms with Gasteiger partial charge >= 0.3 is 0 Å². The van der Waals surface area contributed by atoms with Crippen LogP contribution in [0.15, 0.2) is 30.3 Å². The lowest BCUT2D eigenvalue weighted by Crippen LogP contribution is -2.47. The number of ether oxygens (including phenoxy) is 2. The van der Waals surface area contributed by atoms with Gasteiger partial charge in [0.05, 0.1) is 25.3 Å². The van der Waals surface area contributed by atoms with E-state index in [-0.39, 0.29) is 0 Å². The van der Waals surface area contributed by atoms with E-state index in [1.54, 1.807) is 14.2 Å². The summed E-state index contributed by atoms with van der Waals surface area (Å²) in [6, 6.07) is 12.4. The number of fused-ring (bicyclic) bond motifs is 1. The molecule has 0 unspecified atom stereocenters. The number of aromatic amines is 1. The maximum absolute atomic E-state index is 5.49. The van der Waals surface area contributed by atoms with Crippen molar-refractivity contribution in [2.45, 2.75) is 63.5 Å². The van der Waals surface area contributed by atoms with Crippen LogP contribution in [0.25, 0.3) is 22.4 Å². The summed E-state index contributed by atoms with van der Waals surface area (Å²) in [5, 5.41) is 0. The van der Waals surface area contributed by atoms with Crippen LogP contribution in [0.2, 0.25) is 0 Å². The zero-order valence-corrected chi connectivity index (χ0v) is 21.3. The van der Waals surface area contributed by atoms with Gasteiger partial charge in [-0.05, 0) is 113 Å². The van der Waals surface area contributed by atoms with Crippen molar-refractivity contribution in [1.29, 1.82) is 0 Å². The fourth-order valence-corrected chi connectivity index (χ4v) is 6.33. The van der Waals surface area contributed by atoms with E-state index in [4.69, 9.17) is 14.5 Å². The molecule has 6 nitrogen and oxygen atoms in total. The molecule has 0 atom stereocenters. The van der Waals surface area contributed by atoms with Gasteiger partial charge in [-0.2, -0.15) is 0 Å². The average molecular weight is 475 g/mol. The summed E-state index contributed by atoms with van der Waals surface area (Å²) in [6.45, 7) is 7.28. The molecule has 3 aliphatic rings. The smallest absolute Gasteiger partial charge is 0.161 e. The van der Waals surface area contributed by atoms with Gasteiger partial charge in [-0.3, -0.25) is 0 Å². The molecule has 3 aromatic rings. The third-order valence-electron chi connectivity index (χ3n) is 8.54. The first-order valence-electron chi connectivity index (χ1n) is 13.3.